The fourth-order valence-electron chi connectivity index (χ4n) is 3.06. The summed E-state index contributed by atoms with van der Waals surface area (Å²) in [6.45, 7) is 4.81. The molecule has 3 N–H and O–H groups in total. The number of aromatic amines is 1. The molecule has 2 unspecified atom stereocenters. The van der Waals surface area contributed by atoms with Gasteiger partial charge in [-0.2, -0.15) is 0 Å². The number of aromatic nitrogens is 1. The van der Waals surface area contributed by atoms with Crippen LogP contribution < -0.4 is 15.4 Å². The van der Waals surface area contributed by atoms with E-state index in [-0.39, 0.29) is 18.5 Å². The number of H-pyrrole nitrogens is 1. The number of amides is 2. The zero-order valence-corrected chi connectivity index (χ0v) is 17.6. The molecule has 162 valence electrons. The summed E-state index contributed by atoms with van der Waals surface area (Å²) in [5, 5.41) is 5.40. The molecule has 1 aliphatic rings. The quantitative estimate of drug-likeness (QED) is 0.538. The van der Waals surface area contributed by atoms with Crippen molar-refractivity contribution in [1.82, 2.24) is 20.5 Å². The third-order valence-corrected chi connectivity index (χ3v) is 4.74. The number of ether oxygens (including phenoxy) is 2. The summed E-state index contributed by atoms with van der Waals surface area (Å²) in [6.07, 6.45) is 3.89. The number of ketones is 1. The highest BCUT2D eigenvalue weighted by molar-refractivity contribution is 5.94. The van der Waals surface area contributed by atoms with E-state index in [1.165, 1.54) is 6.20 Å². The molecule has 1 aliphatic heterocycles. The van der Waals surface area contributed by atoms with E-state index in [1.807, 2.05) is 32.8 Å². The number of nitrogens with zero attached hydrogens (tertiary/aromatic N) is 1. The number of hydrogen-bond donors (Lipinski definition) is 3. The van der Waals surface area contributed by atoms with E-state index in [4.69, 9.17) is 9.47 Å². The second-order valence-corrected chi connectivity index (χ2v) is 8.00. The Kier molecular flexibility index (Phi) is 8.66. The van der Waals surface area contributed by atoms with Crippen molar-refractivity contribution in [3.8, 4) is 5.75 Å². The molecule has 0 saturated carbocycles. The maximum Gasteiger partial charge on any atom is 0.413 e. The largest absolute Gasteiger partial charge is 0.413 e. The molecule has 1 aromatic heterocycles. The Bertz CT molecular complexity index is 674. The van der Waals surface area contributed by atoms with Crippen LogP contribution >= 0.6 is 0 Å². The predicted octanol–water partition coefficient (Wildman–Crippen LogP) is 1.31. The van der Waals surface area contributed by atoms with Gasteiger partial charge in [-0.25, -0.2) is 4.79 Å². The molecule has 0 bridgehead atoms. The van der Waals surface area contributed by atoms with E-state index in [0.29, 0.717) is 24.5 Å². The van der Waals surface area contributed by atoms with Gasteiger partial charge in [0, 0.05) is 18.9 Å². The Hall–Kier alpha value is -2.39. The van der Waals surface area contributed by atoms with E-state index < -0.39 is 24.1 Å². The van der Waals surface area contributed by atoms with Gasteiger partial charge >= 0.3 is 6.09 Å². The summed E-state index contributed by atoms with van der Waals surface area (Å²) in [6, 6.07) is 0.102. The van der Waals surface area contributed by atoms with Crippen molar-refractivity contribution in [3.05, 3.63) is 18.5 Å². The van der Waals surface area contributed by atoms with Crippen LogP contribution in [0, 0.1) is 5.92 Å². The second-order valence-electron chi connectivity index (χ2n) is 8.00. The molecule has 0 aromatic carbocycles. The van der Waals surface area contributed by atoms with Crippen LogP contribution in [0.2, 0.25) is 0 Å². The number of carbonyl (C=O) groups excluding carboxylic acids is 3. The van der Waals surface area contributed by atoms with Gasteiger partial charge in [-0.05, 0) is 45.3 Å². The van der Waals surface area contributed by atoms with Gasteiger partial charge in [0.25, 0.3) is 0 Å². The summed E-state index contributed by atoms with van der Waals surface area (Å²) >= 11 is 0. The van der Waals surface area contributed by atoms with Crippen molar-refractivity contribution in [2.75, 3.05) is 27.2 Å². The van der Waals surface area contributed by atoms with E-state index in [0.717, 1.165) is 13.0 Å². The molecule has 1 saturated heterocycles. The Morgan fingerprint density at radius 1 is 1.34 bits per heavy atom. The van der Waals surface area contributed by atoms with Crippen LogP contribution in [-0.4, -0.2) is 73.1 Å². The van der Waals surface area contributed by atoms with E-state index >= 15 is 0 Å². The average molecular weight is 408 g/mol. The Balaban J connectivity index is 1.99. The topological polar surface area (TPSA) is 113 Å². The maximum absolute atomic E-state index is 12.9. The third kappa shape index (κ3) is 7.51. The van der Waals surface area contributed by atoms with Crippen LogP contribution in [0.4, 0.5) is 4.79 Å². The van der Waals surface area contributed by atoms with Crippen molar-refractivity contribution >= 4 is 17.8 Å². The first kappa shape index (κ1) is 22.9. The van der Waals surface area contributed by atoms with Crippen molar-refractivity contribution in [3.63, 3.8) is 0 Å². The first-order valence-corrected chi connectivity index (χ1v) is 9.96. The molecule has 3 atom stereocenters. The number of hydrogen-bond acceptors (Lipinski definition) is 6. The summed E-state index contributed by atoms with van der Waals surface area (Å²) in [5.74, 6) is 0.153. The molecule has 0 aliphatic carbocycles. The van der Waals surface area contributed by atoms with Gasteiger partial charge in [-0.3, -0.25) is 9.59 Å². The molecule has 9 nitrogen and oxygen atoms in total. The van der Waals surface area contributed by atoms with Crippen LogP contribution in [0.3, 0.4) is 0 Å². The normalized spacial score (nSPS) is 20.1. The molecular weight excluding hydrogens is 376 g/mol. The fraction of sp³-hybridized carbons (Fsp3) is 0.650. The minimum Gasteiger partial charge on any atom is -0.409 e. The number of nitrogens with one attached hydrogen (secondary N) is 3. The number of carbonyl (C=O) groups is 3. The maximum atomic E-state index is 12.9. The molecule has 2 rings (SSSR count). The van der Waals surface area contributed by atoms with Crippen molar-refractivity contribution in [2.24, 2.45) is 5.92 Å². The van der Waals surface area contributed by atoms with Crippen LogP contribution in [0.25, 0.3) is 0 Å². The third-order valence-electron chi connectivity index (χ3n) is 4.74. The molecule has 9 heteroatoms. The first-order valence-electron chi connectivity index (χ1n) is 9.96. The summed E-state index contributed by atoms with van der Waals surface area (Å²) in [7, 11) is 3.87. The van der Waals surface area contributed by atoms with E-state index in [2.05, 4.69) is 15.6 Å². The molecule has 2 amide bonds. The van der Waals surface area contributed by atoms with Crippen LogP contribution in [0.15, 0.2) is 18.5 Å². The Morgan fingerprint density at radius 3 is 2.72 bits per heavy atom. The van der Waals surface area contributed by atoms with E-state index in [1.54, 1.807) is 12.3 Å². The molecule has 0 radical (unpaired) electrons. The lowest BCUT2D eigenvalue weighted by molar-refractivity contribution is -0.127. The predicted molar refractivity (Wildman–Crippen MR) is 108 cm³/mol. The zero-order valence-electron chi connectivity index (χ0n) is 17.6. The Morgan fingerprint density at radius 2 is 2.10 bits per heavy atom. The zero-order chi connectivity index (χ0) is 21.4. The lowest BCUT2D eigenvalue weighted by atomic mass is 10.0. The van der Waals surface area contributed by atoms with Gasteiger partial charge in [0.1, 0.15) is 24.4 Å². The minimum absolute atomic E-state index is 0.0112. The lowest BCUT2D eigenvalue weighted by Crippen LogP contribution is -2.54. The van der Waals surface area contributed by atoms with Crippen molar-refractivity contribution in [2.45, 2.75) is 51.3 Å². The smallest absolute Gasteiger partial charge is 0.409 e. The van der Waals surface area contributed by atoms with Gasteiger partial charge in [0.15, 0.2) is 5.78 Å². The number of rotatable bonds is 10. The van der Waals surface area contributed by atoms with Gasteiger partial charge in [-0.1, -0.05) is 13.8 Å². The SMILES string of the molecule is CC(C)CC[C@H](NC(=O)Oc1cc[nH]c1)C(=O)NC1C(=O)COC1CCN(C)C. The van der Waals surface area contributed by atoms with Gasteiger partial charge < -0.3 is 30.0 Å². The molecule has 2 heterocycles. The molecule has 29 heavy (non-hydrogen) atoms. The monoisotopic (exact) mass is 408 g/mol. The Labute approximate surface area is 171 Å². The molecule has 1 aromatic rings. The van der Waals surface area contributed by atoms with Crippen LogP contribution in [-0.2, 0) is 14.3 Å². The van der Waals surface area contributed by atoms with Crippen LogP contribution in [0.5, 0.6) is 5.75 Å². The molecular formula is C20H32N4O5. The second kappa shape index (κ2) is 11.0. The summed E-state index contributed by atoms with van der Waals surface area (Å²) < 4.78 is 10.7. The average Bonchev–Trinajstić information content (AvgIpc) is 3.27. The van der Waals surface area contributed by atoms with Crippen LogP contribution in [0.1, 0.15) is 33.1 Å². The minimum atomic E-state index is -0.799. The van der Waals surface area contributed by atoms with Gasteiger partial charge in [0.2, 0.25) is 5.91 Å². The summed E-state index contributed by atoms with van der Waals surface area (Å²) in [5.41, 5.74) is 0. The standard InChI is InChI=1S/C20H32N4O5/c1-13(2)5-6-15(22-20(27)29-14-7-9-21-11-14)19(26)23-18-16(25)12-28-17(18)8-10-24(3)4/h7,9,11,13,15,17-18,21H,5-6,8,10,12H2,1-4H3,(H,22,27)(H,23,26)/t15-,17?,18?/m0/s1. The highest BCUT2D eigenvalue weighted by atomic mass is 16.6. The first-order chi connectivity index (χ1) is 13.8. The highest BCUT2D eigenvalue weighted by Crippen LogP contribution is 2.16. The van der Waals surface area contributed by atoms with Gasteiger partial charge in [0.05, 0.1) is 6.10 Å². The van der Waals surface area contributed by atoms with Crippen molar-refractivity contribution in [1.29, 1.82) is 0 Å². The van der Waals surface area contributed by atoms with Crippen molar-refractivity contribution < 1.29 is 23.9 Å². The molecule has 0 spiro atoms. The lowest BCUT2D eigenvalue weighted by Gasteiger charge is -2.24. The summed E-state index contributed by atoms with van der Waals surface area (Å²) in [4.78, 5) is 42.1. The van der Waals surface area contributed by atoms with Gasteiger partial charge in [-0.15, -0.1) is 0 Å². The highest BCUT2D eigenvalue weighted by Gasteiger charge is 2.38. The van der Waals surface area contributed by atoms with E-state index in [9.17, 15) is 14.4 Å². The number of Topliss-reactive ketones (excluding diaryl/α,β-unsaturated/α-hetero) is 1. The fourth-order valence-corrected chi connectivity index (χ4v) is 3.06. The molecule has 1 fully saturated rings.